The number of nitrogens with one attached hydrogen (secondary N) is 2. The summed E-state index contributed by atoms with van der Waals surface area (Å²) in [5.74, 6) is 0.904. The van der Waals surface area contributed by atoms with Gasteiger partial charge in [-0.05, 0) is 54.1 Å². The van der Waals surface area contributed by atoms with Crippen molar-refractivity contribution in [1.82, 2.24) is 9.97 Å². The van der Waals surface area contributed by atoms with Crippen LogP contribution < -0.4 is 15.6 Å². The summed E-state index contributed by atoms with van der Waals surface area (Å²) < 4.78 is 5.80. The Morgan fingerprint density at radius 2 is 1.71 bits per heavy atom. The molecule has 0 amide bonds. The zero-order valence-corrected chi connectivity index (χ0v) is 17.1. The number of hydrogen-bond donors (Lipinski definition) is 2. The van der Waals surface area contributed by atoms with Gasteiger partial charge in [-0.1, -0.05) is 41.9 Å². The molecule has 0 spiro atoms. The molecular formula is C24H17ClN4O2. The van der Waals surface area contributed by atoms with Crippen molar-refractivity contribution in [3.63, 3.8) is 0 Å². The Morgan fingerprint density at radius 3 is 2.39 bits per heavy atom. The Morgan fingerprint density at radius 1 is 1.00 bits per heavy atom. The van der Waals surface area contributed by atoms with Crippen LogP contribution in [-0.4, -0.2) is 9.97 Å². The van der Waals surface area contributed by atoms with Gasteiger partial charge in [0.25, 0.3) is 5.56 Å². The predicted octanol–water partition coefficient (Wildman–Crippen LogP) is 5.28. The summed E-state index contributed by atoms with van der Waals surface area (Å²) in [6.07, 6.45) is 0. The molecule has 0 radical (unpaired) electrons. The number of nitriles is 1. The molecule has 0 aliphatic rings. The molecule has 0 bridgehead atoms. The Bertz CT molecular complexity index is 1280. The van der Waals surface area contributed by atoms with Gasteiger partial charge < -0.3 is 10.1 Å². The largest absolute Gasteiger partial charge is 0.489 e. The number of halogens is 1. The quantitative estimate of drug-likeness (QED) is 0.435. The molecule has 0 aliphatic carbocycles. The first-order chi connectivity index (χ1) is 15.1. The molecule has 2 N–H and O–H groups in total. The summed E-state index contributed by atoms with van der Waals surface area (Å²) in [6.45, 7) is 0.446. The first-order valence-electron chi connectivity index (χ1n) is 9.46. The van der Waals surface area contributed by atoms with Crippen molar-refractivity contribution < 1.29 is 4.74 Å². The highest BCUT2D eigenvalue weighted by Crippen LogP contribution is 2.24. The van der Waals surface area contributed by atoms with Crippen LogP contribution in [0, 0.1) is 11.3 Å². The monoisotopic (exact) mass is 428 g/mol. The van der Waals surface area contributed by atoms with Gasteiger partial charge in [-0.3, -0.25) is 9.78 Å². The minimum atomic E-state index is -0.520. The topological polar surface area (TPSA) is 90.8 Å². The summed E-state index contributed by atoms with van der Waals surface area (Å²) in [4.78, 5) is 19.5. The molecule has 0 saturated carbocycles. The van der Waals surface area contributed by atoms with Crippen LogP contribution >= 0.6 is 11.6 Å². The lowest BCUT2D eigenvalue weighted by molar-refractivity contribution is 0.306. The second-order valence-corrected chi connectivity index (χ2v) is 7.12. The van der Waals surface area contributed by atoms with E-state index in [1.54, 1.807) is 48.5 Å². The van der Waals surface area contributed by atoms with E-state index < -0.39 is 5.56 Å². The second kappa shape index (κ2) is 9.16. The van der Waals surface area contributed by atoms with Gasteiger partial charge in [-0.25, -0.2) is 4.98 Å². The summed E-state index contributed by atoms with van der Waals surface area (Å²) in [7, 11) is 0. The average Bonchev–Trinajstić information content (AvgIpc) is 2.80. The highest BCUT2D eigenvalue weighted by atomic mass is 35.5. The SMILES string of the molecule is N#Cc1c(-c2ccc(OCc3ccccc3)cc2)nc(Nc2ccc(Cl)cc2)[nH]c1=O. The standard InChI is InChI=1S/C24H17ClN4O2/c25-18-8-10-19(11-9-18)27-24-28-22(21(14-26)23(30)29-24)17-6-12-20(13-7-17)31-15-16-4-2-1-3-5-16/h1-13H,15H2,(H2,27,28,29,30). The normalized spacial score (nSPS) is 10.3. The van der Waals surface area contributed by atoms with Gasteiger partial charge in [0.15, 0.2) is 0 Å². The Hall–Kier alpha value is -4.08. The number of aromatic nitrogens is 2. The van der Waals surface area contributed by atoms with E-state index in [4.69, 9.17) is 16.3 Å². The first-order valence-corrected chi connectivity index (χ1v) is 9.84. The van der Waals surface area contributed by atoms with Gasteiger partial charge in [0.2, 0.25) is 5.95 Å². The zero-order valence-electron chi connectivity index (χ0n) is 16.3. The van der Waals surface area contributed by atoms with E-state index in [0.717, 1.165) is 5.56 Å². The van der Waals surface area contributed by atoms with Gasteiger partial charge in [-0.15, -0.1) is 0 Å². The van der Waals surface area contributed by atoms with Gasteiger partial charge in [0.05, 0.1) is 5.69 Å². The van der Waals surface area contributed by atoms with E-state index in [0.29, 0.717) is 28.6 Å². The van der Waals surface area contributed by atoms with E-state index in [1.165, 1.54) is 0 Å². The highest BCUT2D eigenvalue weighted by Gasteiger charge is 2.14. The number of benzene rings is 3. The van der Waals surface area contributed by atoms with E-state index >= 15 is 0 Å². The predicted molar refractivity (Wildman–Crippen MR) is 121 cm³/mol. The lowest BCUT2D eigenvalue weighted by Gasteiger charge is -2.10. The fourth-order valence-electron chi connectivity index (χ4n) is 2.96. The van der Waals surface area contributed by atoms with Crippen LogP contribution in [0.25, 0.3) is 11.3 Å². The summed E-state index contributed by atoms with van der Waals surface area (Å²) in [6, 6.07) is 25.9. The highest BCUT2D eigenvalue weighted by molar-refractivity contribution is 6.30. The number of ether oxygens (including phenoxy) is 1. The smallest absolute Gasteiger partial charge is 0.270 e. The van der Waals surface area contributed by atoms with Crippen molar-refractivity contribution in [3.05, 3.63) is 105 Å². The minimum Gasteiger partial charge on any atom is -0.489 e. The van der Waals surface area contributed by atoms with Gasteiger partial charge >= 0.3 is 0 Å². The fourth-order valence-corrected chi connectivity index (χ4v) is 3.09. The van der Waals surface area contributed by atoms with Crippen LogP contribution in [-0.2, 0) is 6.61 Å². The van der Waals surface area contributed by atoms with Crippen molar-refractivity contribution in [3.8, 4) is 23.1 Å². The van der Waals surface area contributed by atoms with E-state index in [9.17, 15) is 10.1 Å². The molecule has 0 aliphatic heterocycles. The first kappa shape index (κ1) is 20.2. The van der Waals surface area contributed by atoms with Crippen LogP contribution in [0.15, 0.2) is 83.7 Å². The molecule has 152 valence electrons. The van der Waals surface area contributed by atoms with Gasteiger partial charge in [-0.2, -0.15) is 5.26 Å². The summed E-state index contributed by atoms with van der Waals surface area (Å²) >= 11 is 5.91. The molecule has 4 aromatic rings. The van der Waals surface area contributed by atoms with E-state index in [1.807, 2.05) is 36.4 Å². The van der Waals surface area contributed by atoms with E-state index in [2.05, 4.69) is 15.3 Å². The maximum absolute atomic E-state index is 12.4. The van der Waals surface area contributed by atoms with Crippen LogP contribution in [0.4, 0.5) is 11.6 Å². The van der Waals surface area contributed by atoms with Crippen LogP contribution in [0.2, 0.25) is 5.02 Å². The Balaban J connectivity index is 1.58. The van der Waals surface area contributed by atoms with Crippen molar-refractivity contribution in [2.24, 2.45) is 0 Å². The molecule has 6 nitrogen and oxygen atoms in total. The van der Waals surface area contributed by atoms with Crippen LogP contribution in [0.3, 0.4) is 0 Å². The third-order valence-electron chi connectivity index (χ3n) is 4.51. The molecule has 1 aromatic heterocycles. The maximum atomic E-state index is 12.4. The molecule has 0 unspecified atom stereocenters. The van der Waals surface area contributed by atoms with Crippen molar-refractivity contribution in [2.75, 3.05) is 5.32 Å². The molecule has 0 fully saturated rings. The lowest BCUT2D eigenvalue weighted by atomic mass is 10.1. The molecule has 0 saturated heterocycles. The van der Waals surface area contributed by atoms with Gasteiger partial charge in [0.1, 0.15) is 24.0 Å². The summed E-state index contributed by atoms with van der Waals surface area (Å²) in [5.41, 5.74) is 2.11. The maximum Gasteiger partial charge on any atom is 0.270 e. The molecule has 4 rings (SSSR count). The summed E-state index contributed by atoms with van der Waals surface area (Å²) in [5, 5.41) is 13.1. The third-order valence-corrected chi connectivity index (χ3v) is 4.77. The third kappa shape index (κ3) is 4.92. The number of aromatic amines is 1. The molecule has 3 aromatic carbocycles. The van der Waals surface area contributed by atoms with Crippen LogP contribution in [0.1, 0.15) is 11.1 Å². The Labute approximate surface area is 183 Å². The molecule has 31 heavy (non-hydrogen) atoms. The van der Waals surface area contributed by atoms with E-state index in [-0.39, 0.29) is 17.2 Å². The second-order valence-electron chi connectivity index (χ2n) is 6.68. The minimum absolute atomic E-state index is 0.0559. The van der Waals surface area contributed by atoms with Crippen molar-refractivity contribution >= 4 is 23.2 Å². The number of anilines is 2. The number of hydrogen-bond acceptors (Lipinski definition) is 5. The number of rotatable bonds is 6. The zero-order chi connectivity index (χ0) is 21.6. The number of H-pyrrole nitrogens is 1. The molecule has 1 heterocycles. The van der Waals surface area contributed by atoms with Crippen molar-refractivity contribution in [2.45, 2.75) is 6.61 Å². The fraction of sp³-hybridized carbons (Fsp3) is 0.0417. The number of nitrogens with zero attached hydrogens (tertiary/aromatic N) is 2. The van der Waals surface area contributed by atoms with Crippen LogP contribution in [0.5, 0.6) is 5.75 Å². The lowest BCUT2D eigenvalue weighted by Crippen LogP contribution is -2.16. The molecular weight excluding hydrogens is 412 g/mol. The van der Waals surface area contributed by atoms with Crippen molar-refractivity contribution in [1.29, 1.82) is 5.26 Å². The average molecular weight is 429 g/mol. The molecule has 0 atom stereocenters. The molecule has 7 heteroatoms. The van der Waals surface area contributed by atoms with Gasteiger partial charge in [0, 0.05) is 16.3 Å². The Kier molecular flexibility index (Phi) is 5.97.